The molecule has 0 saturated heterocycles. The number of aromatic nitrogens is 1. The molecule has 0 saturated carbocycles. The maximum Gasteiger partial charge on any atom is 0.122 e. The molecule has 2 aromatic carbocycles. The highest BCUT2D eigenvalue weighted by molar-refractivity contribution is 5.85. The second-order valence-electron chi connectivity index (χ2n) is 12.2. The van der Waals surface area contributed by atoms with Crippen LogP contribution in [0.25, 0.3) is 10.9 Å². The van der Waals surface area contributed by atoms with Gasteiger partial charge < -0.3 is 14.5 Å². The van der Waals surface area contributed by atoms with Crippen LogP contribution in [0.5, 0.6) is 11.5 Å². The molecule has 1 aromatic heterocycles. The molecular formula is C37H56N2O2. The summed E-state index contributed by atoms with van der Waals surface area (Å²) in [5.41, 5.74) is 5.28. The molecule has 1 aliphatic rings. The quantitative estimate of drug-likeness (QED) is 0.140. The highest BCUT2D eigenvalue weighted by Gasteiger charge is 2.32. The molecule has 2 heterocycles. The van der Waals surface area contributed by atoms with Gasteiger partial charge in [0.25, 0.3) is 0 Å². The fraction of sp³-hybridized carbons (Fsp3) is 0.622. The second kappa shape index (κ2) is 17.5. The Balaban J connectivity index is 1.22. The molecule has 1 N–H and O–H groups in total. The van der Waals surface area contributed by atoms with Gasteiger partial charge in [0, 0.05) is 29.2 Å². The molecule has 0 aliphatic carbocycles. The van der Waals surface area contributed by atoms with Crippen molar-refractivity contribution in [2.75, 3.05) is 27.3 Å². The number of methoxy groups -OCH3 is 2. The molecule has 4 nitrogen and oxygen atoms in total. The van der Waals surface area contributed by atoms with Crippen molar-refractivity contribution in [3.05, 3.63) is 59.3 Å². The van der Waals surface area contributed by atoms with Crippen molar-refractivity contribution in [3.63, 3.8) is 0 Å². The molecule has 3 aromatic rings. The third kappa shape index (κ3) is 9.26. The number of unbranched alkanes of at least 4 members (excludes halogenated alkanes) is 15. The summed E-state index contributed by atoms with van der Waals surface area (Å²) in [5, 5.41) is 1.37. The smallest absolute Gasteiger partial charge is 0.122 e. The number of para-hydroxylation sites is 1. The maximum atomic E-state index is 5.66. The lowest BCUT2D eigenvalue weighted by atomic mass is 9.91. The lowest BCUT2D eigenvalue weighted by molar-refractivity contribution is 0.205. The number of nitrogens with zero attached hydrogens (tertiary/aromatic N) is 1. The topological polar surface area (TPSA) is 37.5 Å². The first-order chi connectivity index (χ1) is 20.2. The van der Waals surface area contributed by atoms with E-state index in [9.17, 15) is 0 Å². The van der Waals surface area contributed by atoms with E-state index in [-0.39, 0.29) is 6.04 Å². The zero-order chi connectivity index (χ0) is 28.7. The highest BCUT2D eigenvalue weighted by atomic mass is 16.5. The molecule has 0 amide bonds. The van der Waals surface area contributed by atoms with Crippen LogP contribution < -0.4 is 9.47 Å². The Morgan fingerprint density at radius 1 is 0.707 bits per heavy atom. The molecule has 4 heteroatoms. The summed E-state index contributed by atoms with van der Waals surface area (Å²) in [6, 6.07) is 15.3. The van der Waals surface area contributed by atoms with E-state index in [1.165, 1.54) is 130 Å². The number of aromatic amines is 1. The summed E-state index contributed by atoms with van der Waals surface area (Å²) in [6.07, 6.45) is 23.6. The molecule has 41 heavy (non-hydrogen) atoms. The molecule has 226 valence electrons. The van der Waals surface area contributed by atoms with E-state index in [0.717, 1.165) is 31.0 Å². The van der Waals surface area contributed by atoms with Crippen LogP contribution in [0.4, 0.5) is 0 Å². The van der Waals surface area contributed by atoms with Crippen LogP contribution in [0.15, 0.2) is 42.5 Å². The van der Waals surface area contributed by atoms with Gasteiger partial charge in [-0.25, -0.2) is 0 Å². The predicted molar refractivity (Wildman–Crippen MR) is 175 cm³/mol. The van der Waals surface area contributed by atoms with Crippen molar-refractivity contribution in [1.82, 2.24) is 9.88 Å². The van der Waals surface area contributed by atoms with Crippen molar-refractivity contribution in [2.45, 2.75) is 122 Å². The number of ether oxygens (including phenoxy) is 2. The van der Waals surface area contributed by atoms with Gasteiger partial charge in [0.05, 0.1) is 20.3 Å². The van der Waals surface area contributed by atoms with E-state index in [1.54, 1.807) is 14.2 Å². The first-order valence-corrected chi connectivity index (χ1v) is 16.8. The highest BCUT2D eigenvalue weighted by Crippen LogP contribution is 2.40. The molecular weight excluding hydrogens is 504 g/mol. The first-order valence-electron chi connectivity index (χ1n) is 16.8. The van der Waals surface area contributed by atoms with Crippen LogP contribution in [-0.2, 0) is 6.42 Å². The fourth-order valence-electron chi connectivity index (χ4n) is 6.76. The molecule has 0 spiro atoms. The van der Waals surface area contributed by atoms with Gasteiger partial charge in [-0.05, 0) is 48.7 Å². The minimum Gasteiger partial charge on any atom is -0.497 e. The molecule has 0 fully saturated rings. The first kappa shape index (κ1) is 31.5. The summed E-state index contributed by atoms with van der Waals surface area (Å²) in [6.45, 7) is 4.50. The van der Waals surface area contributed by atoms with E-state index in [4.69, 9.17) is 9.47 Å². The van der Waals surface area contributed by atoms with Gasteiger partial charge in [0.1, 0.15) is 11.5 Å². The van der Waals surface area contributed by atoms with Gasteiger partial charge in [0.15, 0.2) is 0 Å². The van der Waals surface area contributed by atoms with Gasteiger partial charge in [0.2, 0.25) is 0 Å². The molecule has 1 atom stereocenters. The lowest BCUT2D eigenvalue weighted by Crippen LogP contribution is -2.36. The molecule has 1 unspecified atom stereocenters. The number of fused-ring (bicyclic) bond motifs is 3. The normalized spacial score (nSPS) is 15.3. The summed E-state index contributed by atoms with van der Waals surface area (Å²) in [4.78, 5) is 6.48. The Hall–Kier alpha value is -2.46. The minimum absolute atomic E-state index is 0.187. The fourth-order valence-corrected chi connectivity index (χ4v) is 6.76. The summed E-state index contributed by atoms with van der Waals surface area (Å²) >= 11 is 0. The predicted octanol–water partition coefficient (Wildman–Crippen LogP) is 10.4. The second-order valence-corrected chi connectivity index (χ2v) is 12.2. The van der Waals surface area contributed by atoms with E-state index in [1.807, 2.05) is 6.07 Å². The van der Waals surface area contributed by atoms with Crippen molar-refractivity contribution in [2.24, 2.45) is 0 Å². The maximum absolute atomic E-state index is 5.66. The molecule has 0 bridgehead atoms. The van der Waals surface area contributed by atoms with Gasteiger partial charge >= 0.3 is 0 Å². The van der Waals surface area contributed by atoms with Gasteiger partial charge in [-0.15, -0.1) is 0 Å². The standard InChI is InChI=1S/C37H56N2O2/c1-4-5-6-7-8-9-10-11-12-13-14-15-16-17-18-21-25-39-26-24-34-33-22-19-20-23-35(33)38-36(34)37(39)30-27-31(40-2)29-32(28-30)41-3/h19-20,22-23,27-29,37-38H,4-18,21,24-26H2,1-3H3. The number of hydrogen-bond acceptors (Lipinski definition) is 3. The van der Waals surface area contributed by atoms with Gasteiger partial charge in [-0.1, -0.05) is 121 Å². The van der Waals surface area contributed by atoms with Crippen LogP contribution in [0.3, 0.4) is 0 Å². The number of nitrogens with one attached hydrogen (secondary N) is 1. The third-order valence-electron chi connectivity index (χ3n) is 9.12. The summed E-state index contributed by atoms with van der Waals surface area (Å²) in [5.74, 6) is 1.70. The van der Waals surface area contributed by atoms with Crippen LogP contribution in [0, 0.1) is 0 Å². The van der Waals surface area contributed by atoms with Crippen LogP contribution in [-0.4, -0.2) is 37.2 Å². The van der Waals surface area contributed by atoms with Crippen molar-refractivity contribution >= 4 is 10.9 Å². The van der Waals surface area contributed by atoms with Crippen molar-refractivity contribution < 1.29 is 9.47 Å². The Morgan fingerprint density at radius 3 is 1.80 bits per heavy atom. The molecule has 1 aliphatic heterocycles. The number of rotatable bonds is 20. The van der Waals surface area contributed by atoms with E-state index in [0.29, 0.717) is 0 Å². The van der Waals surface area contributed by atoms with Gasteiger partial charge in [-0.3, -0.25) is 4.90 Å². The van der Waals surface area contributed by atoms with Gasteiger partial charge in [-0.2, -0.15) is 0 Å². The number of H-pyrrole nitrogens is 1. The zero-order valence-corrected chi connectivity index (χ0v) is 26.3. The number of benzene rings is 2. The molecule has 0 radical (unpaired) electrons. The lowest BCUT2D eigenvalue weighted by Gasteiger charge is -2.36. The van der Waals surface area contributed by atoms with E-state index in [2.05, 4.69) is 53.2 Å². The van der Waals surface area contributed by atoms with E-state index < -0.39 is 0 Å². The van der Waals surface area contributed by atoms with Crippen LogP contribution in [0.2, 0.25) is 0 Å². The Morgan fingerprint density at radius 2 is 1.24 bits per heavy atom. The summed E-state index contributed by atoms with van der Waals surface area (Å²) < 4.78 is 11.3. The van der Waals surface area contributed by atoms with E-state index >= 15 is 0 Å². The average molecular weight is 561 g/mol. The minimum atomic E-state index is 0.187. The van der Waals surface area contributed by atoms with Crippen LogP contribution in [0.1, 0.15) is 133 Å². The Kier molecular flexibility index (Phi) is 13.4. The third-order valence-corrected chi connectivity index (χ3v) is 9.12. The SMILES string of the molecule is CCCCCCCCCCCCCCCCCCN1CCc2c([nH]c3ccccc23)C1c1cc(OC)cc(OC)c1. The summed E-state index contributed by atoms with van der Waals surface area (Å²) in [7, 11) is 3.48. The average Bonchev–Trinajstić information content (AvgIpc) is 3.39. The van der Waals surface area contributed by atoms with Crippen LogP contribution >= 0.6 is 0 Å². The number of hydrogen-bond donors (Lipinski definition) is 1. The molecule has 4 rings (SSSR count). The largest absolute Gasteiger partial charge is 0.497 e. The Labute approximate surface area is 250 Å². The monoisotopic (exact) mass is 560 g/mol. The Bertz CT molecular complexity index is 1130. The van der Waals surface area contributed by atoms with Crippen molar-refractivity contribution in [1.29, 1.82) is 0 Å². The zero-order valence-electron chi connectivity index (χ0n) is 26.3. The van der Waals surface area contributed by atoms with Crippen molar-refractivity contribution in [3.8, 4) is 11.5 Å².